The van der Waals surface area contributed by atoms with Gasteiger partial charge >= 0.3 is 0 Å². The molecule has 0 amide bonds. The van der Waals surface area contributed by atoms with Crippen LogP contribution in [0.3, 0.4) is 0 Å². The molecule has 5 fully saturated rings. The van der Waals surface area contributed by atoms with Crippen molar-refractivity contribution in [3.8, 4) is 0 Å². The predicted octanol–water partition coefficient (Wildman–Crippen LogP) is 3.73. The van der Waals surface area contributed by atoms with E-state index in [1.54, 1.807) is 32.1 Å². The van der Waals surface area contributed by atoms with Crippen LogP contribution >= 0.6 is 0 Å². The lowest BCUT2D eigenvalue weighted by Gasteiger charge is -2.60. The van der Waals surface area contributed by atoms with Gasteiger partial charge in [-0.15, -0.1) is 0 Å². The highest BCUT2D eigenvalue weighted by atomic mass is 15.0. The zero-order valence-electron chi connectivity index (χ0n) is 11.3. The maximum Gasteiger partial charge on any atom is 0.0127 e. The van der Waals surface area contributed by atoms with Gasteiger partial charge in [-0.25, -0.2) is 0 Å². The summed E-state index contributed by atoms with van der Waals surface area (Å²) in [5.74, 6) is 3.21. The first-order valence-electron chi connectivity index (χ1n) is 8.04. The fourth-order valence-corrected chi connectivity index (χ4v) is 5.82. The van der Waals surface area contributed by atoms with Crippen molar-refractivity contribution in [1.82, 2.24) is 5.32 Å². The summed E-state index contributed by atoms with van der Waals surface area (Å²) in [5.41, 5.74) is 0.799. The molecule has 1 nitrogen and oxygen atoms in total. The molecule has 0 spiro atoms. The van der Waals surface area contributed by atoms with Crippen LogP contribution in [0.4, 0.5) is 0 Å². The Labute approximate surface area is 106 Å². The Morgan fingerprint density at radius 3 is 2.35 bits per heavy atom. The van der Waals surface area contributed by atoms with Crippen molar-refractivity contribution in [3.05, 3.63) is 0 Å². The number of hydrogen-bond acceptors (Lipinski definition) is 1. The molecule has 5 aliphatic carbocycles. The molecule has 0 aromatic carbocycles. The van der Waals surface area contributed by atoms with Crippen LogP contribution in [0.2, 0.25) is 0 Å². The molecule has 0 aliphatic heterocycles. The van der Waals surface area contributed by atoms with Gasteiger partial charge in [-0.2, -0.15) is 0 Å². The third-order valence-corrected chi connectivity index (χ3v) is 6.19. The zero-order chi connectivity index (χ0) is 11.5. The van der Waals surface area contributed by atoms with Crippen LogP contribution in [0, 0.1) is 23.2 Å². The van der Waals surface area contributed by atoms with E-state index in [-0.39, 0.29) is 0 Å². The lowest BCUT2D eigenvalue weighted by Crippen LogP contribution is -2.58. The minimum Gasteiger partial charge on any atom is -0.311 e. The van der Waals surface area contributed by atoms with E-state index in [4.69, 9.17) is 0 Å². The summed E-state index contributed by atoms with van der Waals surface area (Å²) in [5, 5.41) is 4.00. The Balaban J connectivity index is 1.53. The molecule has 5 rings (SSSR count). The van der Waals surface area contributed by atoms with E-state index in [9.17, 15) is 0 Å². The van der Waals surface area contributed by atoms with E-state index in [0.29, 0.717) is 0 Å². The van der Waals surface area contributed by atoms with Crippen LogP contribution in [-0.4, -0.2) is 12.1 Å². The van der Waals surface area contributed by atoms with Crippen LogP contribution in [0.25, 0.3) is 0 Å². The molecule has 4 bridgehead atoms. The minimum atomic E-state index is 0.799. The molecule has 96 valence electrons. The average Bonchev–Trinajstić information content (AvgIpc) is 3.06. The largest absolute Gasteiger partial charge is 0.311 e. The summed E-state index contributed by atoms with van der Waals surface area (Å²) in [7, 11) is 0. The normalized spacial score (nSPS) is 52.1. The van der Waals surface area contributed by atoms with Crippen LogP contribution in [0.5, 0.6) is 0 Å². The second-order valence-corrected chi connectivity index (χ2v) is 7.69. The SMILES string of the molecule is CCCC12CC3CC(C1)C(NC1CC1)C(C3)C2. The number of nitrogens with one attached hydrogen (secondary N) is 1. The minimum absolute atomic E-state index is 0.799. The number of rotatable bonds is 4. The lowest BCUT2D eigenvalue weighted by atomic mass is 9.47. The fourth-order valence-electron chi connectivity index (χ4n) is 5.82. The van der Waals surface area contributed by atoms with Crippen molar-refractivity contribution in [3.63, 3.8) is 0 Å². The van der Waals surface area contributed by atoms with Gasteiger partial charge in [0.2, 0.25) is 0 Å². The highest BCUT2D eigenvalue weighted by molar-refractivity contribution is 5.08. The van der Waals surface area contributed by atoms with Crippen LogP contribution in [0.15, 0.2) is 0 Å². The Morgan fingerprint density at radius 2 is 1.76 bits per heavy atom. The van der Waals surface area contributed by atoms with E-state index >= 15 is 0 Å². The molecule has 0 saturated heterocycles. The zero-order valence-corrected chi connectivity index (χ0v) is 11.3. The van der Waals surface area contributed by atoms with Crippen LogP contribution < -0.4 is 5.32 Å². The first kappa shape index (κ1) is 10.8. The van der Waals surface area contributed by atoms with E-state index in [2.05, 4.69) is 12.2 Å². The summed E-state index contributed by atoms with van der Waals surface area (Å²) in [6.45, 7) is 2.39. The van der Waals surface area contributed by atoms with Gasteiger partial charge in [0.1, 0.15) is 0 Å². The van der Waals surface area contributed by atoms with Crippen LogP contribution in [-0.2, 0) is 0 Å². The smallest absolute Gasteiger partial charge is 0.0127 e. The summed E-state index contributed by atoms with van der Waals surface area (Å²) in [6, 6.07) is 1.84. The summed E-state index contributed by atoms with van der Waals surface area (Å²) in [4.78, 5) is 0. The van der Waals surface area contributed by atoms with Crippen molar-refractivity contribution in [2.24, 2.45) is 23.2 Å². The van der Waals surface area contributed by atoms with Crippen LogP contribution in [0.1, 0.15) is 64.7 Å². The number of hydrogen-bond donors (Lipinski definition) is 1. The lowest BCUT2D eigenvalue weighted by molar-refractivity contribution is -0.0810. The van der Waals surface area contributed by atoms with Gasteiger partial charge in [0.05, 0.1) is 0 Å². The van der Waals surface area contributed by atoms with Crippen molar-refractivity contribution >= 4 is 0 Å². The molecule has 5 saturated carbocycles. The maximum absolute atomic E-state index is 4.00. The first-order valence-corrected chi connectivity index (χ1v) is 8.04. The second kappa shape index (κ2) is 3.73. The van der Waals surface area contributed by atoms with E-state index in [0.717, 1.165) is 35.3 Å². The van der Waals surface area contributed by atoms with Crippen molar-refractivity contribution in [2.75, 3.05) is 0 Å². The monoisotopic (exact) mass is 233 g/mol. The van der Waals surface area contributed by atoms with E-state index in [1.165, 1.54) is 25.7 Å². The van der Waals surface area contributed by atoms with E-state index in [1.807, 2.05) is 0 Å². The van der Waals surface area contributed by atoms with Gasteiger partial charge in [-0.05, 0) is 74.5 Å². The summed E-state index contributed by atoms with van der Waals surface area (Å²) in [6.07, 6.45) is 13.7. The summed E-state index contributed by atoms with van der Waals surface area (Å²) < 4.78 is 0. The molecule has 17 heavy (non-hydrogen) atoms. The van der Waals surface area contributed by atoms with Gasteiger partial charge in [-0.1, -0.05) is 13.3 Å². The van der Waals surface area contributed by atoms with Crippen molar-refractivity contribution < 1.29 is 0 Å². The highest BCUT2D eigenvalue weighted by Gasteiger charge is 2.55. The van der Waals surface area contributed by atoms with Gasteiger partial charge in [0, 0.05) is 12.1 Å². The molecule has 0 heterocycles. The third kappa shape index (κ3) is 1.77. The van der Waals surface area contributed by atoms with Gasteiger partial charge in [-0.3, -0.25) is 0 Å². The Hall–Kier alpha value is -0.0400. The van der Waals surface area contributed by atoms with Gasteiger partial charge in [0.15, 0.2) is 0 Å². The third-order valence-electron chi connectivity index (χ3n) is 6.19. The Morgan fingerprint density at radius 1 is 1.06 bits per heavy atom. The molecular formula is C16H27N. The molecule has 2 atom stereocenters. The molecule has 2 unspecified atom stereocenters. The Kier molecular flexibility index (Phi) is 2.38. The van der Waals surface area contributed by atoms with Gasteiger partial charge < -0.3 is 5.32 Å². The molecular weight excluding hydrogens is 206 g/mol. The molecule has 0 aromatic rings. The fraction of sp³-hybridized carbons (Fsp3) is 1.00. The molecule has 0 radical (unpaired) electrons. The van der Waals surface area contributed by atoms with Crippen molar-refractivity contribution in [2.45, 2.75) is 76.8 Å². The summed E-state index contributed by atoms with van der Waals surface area (Å²) >= 11 is 0. The van der Waals surface area contributed by atoms with E-state index < -0.39 is 0 Å². The molecule has 0 aromatic heterocycles. The molecule has 1 heteroatoms. The van der Waals surface area contributed by atoms with Gasteiger partial charge in [0.25, 0.3) is 0 Å². The molecule has 5 aliphatic rings. The second-order valence-electron chi connectivity index (χ2n) is 7.69. The topological polar surface area (TPSA) is 12.0 Å². The quantitative estimate of drug-likeness (QED) is 0.780. The maximum atomic E-state index is 4.00. The first-order chi connectivity index (χ1) is 8.28. The average molecular weight is 233 g/mol. The predicted molar refractivity (Wildman–Crippen MR) is 70.8 cm³/mol. The highest BCUT2D eigenvalue weighted by Crippen LogP contribution is 2.61. The molecule has 1 N–H and O–H groups in total. The van der Waals surface area contributed by atoms with Crippen molar-refractivity contribution in [1.29, 1.82) is 0 Å². The Bertz CT molecular complexity index is 291. The standard InChI is InChI=1S/C16H27N/c1-2-5-16-8-11-6-12(9-16)15(13(7-11)10-16)17-14-3-4-14/h11-15,17H,2-10H2,1H3.